The van der Waals surface area contributed by atoms with Gasteiger partial charge in [0.1, 0.15) is 5.03 Å². The largest absolute Gasteiger partial charge is 0.322 e. The van der Waals surface area contributed by atoms with Gasteiger partial charge in [-0.25, -0.2) is 4.98 Å². The molecule has 1 aliphatic rings. The molecule has 0 unspecified atom stereocenters. The fourth-order valence-corrected chi connectivity index (χ4v) is 4.57. The molecule has 146 valence electrons. The number of hydrogen-bond acceptors (Lipinski definition) is 4. The van der Waals surface area contributed by atoms with Crippen molar-refractivity contribution in [3.05, 3.63) is 77.0 Å². The number of nitrogens with one attached hydrogen (secondary N) is 1. The van der Waals surface area contributed by atoms with E-state index in [0.717, 1.165) is 21.7 Å². The molecule has 1 aliphatic heterocycles. The molecule has 3 aromatic rings. The first kappa shape index (κ1) is 19.2. The smallest absolute Gasteiger partial charge is 0.261 e. The van der Waals surface area contributed by atoms with Crippen molar-refractivity contribution >= 4 is 35.0 Å². The monoisotopic (exact) mass is 403 g/mol. The third-order valence-electron chi connectivity index (χ3n) is 4.76. The lowest BCUT2D eigenvalue weighted by molar-refractivity contribution is 0.0983. The topological polar surface area (TPSA) is 62.3 Å². The summed E-state index contributed by atoms with van der Waals surface area (Å²) in [4.78, 5) is 32.7. The molecule has 0 radical (unpaired) electrons. The molecular weight excluding hydrogens is 382 g/mol. The van der Waals surface area contributed by atoms with E-state index in [0.29, 0.717) is 28.4 Å². The predicted octanol–water partition coefficient (Wildman–Crippen LogP) is 5.08. The Morgan fingerprint density at radius 2 is 1.86 bits per heavy atom. The third kappa shape index (κ3) is 3.76. The van der Waals surface area contributed by atoms with E-state index in [9.17, 15) is 9.59 Å². The highest BCUT2D eigenvalue weighted by molar-refractivity contribution is 7.99. The van der Waals surface area contributed by atoms with E-state index in [4.69, 9.17) is 0 Å². The van der Waals surface area contributed by atoms with Gasteiger partial charge in [0.15, 0.2) is 0 Å². The summed E-state index contributed by atoms with van der Waals surface area (Å²) in [6.45, 7) is 6.45. The number of carbonyl (C=O) groups excluding carboxylic acids is 2. The molecule has 4 rings (SSSR count). The van der Waals surface area contributed by atoms with Crippen molar-refractivity contribution in [3.63, 3.8) is 0 Å². The summed E-state index contributed by atoms with van der Waals surface area (Å²) >= 11 is 1.44. The Hall–Kier alpha value is -3.12. The standard InChI is InChI=1S/C23H21N3O2S/c1-4-26-19-8-7-17(25-21(27)16-11-14(2)10-15(3)12-16)13-20(19)29-22-18(23(26)28)6-5-9-24-22/h5-13H,4H2,1-3H3,(H,25,27). The Morgan fingerprint density at radius 3 is 2.59 bits per heavy atom. The van der Waals surface area contributed by atoms with Crippen LogP contribution in [0.15, 0.2) is 64.6 Å². The summed E-state index contributed by atoms with van der Waals surface area (Å²) < 4.78 is 0. The van der Waals surface area contributed by atoms with Crippen molar-refractivity contribution in [1.82, 2.24) is 4.98 Å². The molecule has 1 aromatic heterocycles. The maximum Gasteiger partial charge on any atom is 0.261 e. The van der Waals surface area contributed by atoms with Gasteiger partial charge in [0.2, 0.25) is 0 Å². The Bertz CT molecular complexity index is 1110. The van der Waals surface area contributed by atoms with Crippen LogP contribution < -0.4 is 10.2 Å². The van der Waals surface area contributed by atoms with Gasteiger partial charge < -0.3 is 10.2 Å². The van der Waals surface area contributed by atoms with Gasteiger partial charge >= 0.3 is 0 Å². The Kier molecular flexibility index (Phi) is 5.11. The van der Waals surface area contributed by atoms with E-state index < -0.39 is 0 Å². The minimum absolute atomic E-state index is 0.0612. The number of carbonyl (C=O) groups is 2. The number of anilines is 2. The van der Waals surface area contributed by atoms with Crippen LogP contribution in [0.5, 0.6) is 0 Å². The summed E-state index contributed by atoms with van der Waals surface area (Å²) in [5, 5.41) is 3.65. The van der Waals surface area contributed by atoms with Crippen LogP contribution in [-0.4, -0.2) is 23.3 Å². The molecule has 1 N–H and O–H groups in total. The molecular formula is C23H21N3O2S. The molecule has 29 heavy (non-hydrogen) atoms. The summed E-state index contributed by atoms with van der Waals surface area (Å²) in [6, 6.07) is 15.0. The molecule has 0 saturated carbocycles. The number of benzene rings is 2. The van der Waals surface area contributed by atoms with Crippen LogP contribution in [0, 0.1) is 13.8 Å². The maximum atomic E-state index is 12.9. The van der Waals surface area contributed by atoms with Gasteiger partial charge in [-0.05, 0) is 63.2 Å². The number of nitrogens with zero attached hydrogens (tertiary/aromatic N) is 2. The zero-order chi connectivity index (χ0) is 20.5. The van der Waals surface area contributed by atoms with Crippen LogP contribution in [0.1, 0.15) is 38.8 Å². The molecule has 0 fully saturated rings. The van der Waals surface area contributed by atoms with Crippen LogP contribution in [-0.2, 0) is 0 Å². The molecule has 0 bridgehead atoms. The van der Waals surface area contributed by atoms with Gasteiger partial charge in [-0.15, -0.1) is 0 Å². The van der Waals surface area contributed by atoms with Gasteiger partial charge in [-0.3, -0.25) is 9.59 Å². The molecule has 0 aliphatic carbocycles. The summed E-state index contributed by atoms with van der Waals surface area (Å²) in [7, 11) is 0. The van der Waals surface area contributed by atoms with E-state index in [-0.39, 0.29) is 11.8 Å². The zero-order valence-electron chi connectivity index (χ0n) is 16.5. The second-order valence-corrected chi connectivity index (χ2v) is 8.05. The molecule has 2 amide bonds. The van der Waals surface area contributed by atoms with Gasteiger partial charge in [0.25, 0.3) is 11.8 Å². The summed E-state index contributed by atoms with van der Waals surface area (Å²) in [5.74, 6) is -0.216. The van der Waals surface area contributed by atoms with Crippen LogP contribution in [0.3, 0.4) is 0 Å². The number of fused-ring (bicyclic) bond motifs is 2. The summed E-state index contributed by atoms with van der Waals surface area (Å²) in [6.07, 6.45) is 1.69. The Labute approximate surface area is 174 Å². The molecule has 2 heterocycles. The second kappa shape index (κ2) is 7.72. The Balaban J connectivity index is 1.69. The van der Waals surface area contributed by atoms with Crippen molar-refractivity contribution in [2.45, 2.75) is 30.7 Å². The van der Waals surface area contributed by atoms with Gasteiger partial charge in [-0.2, -0.15) is 0 Å². The van der Waals surface area contributed by atoms with Crippen LogP contribution in [0.4, 0.5) is 11.4 Å². The average Bonchev–Trinajstić information content (AvgIpc) is 2.80. The average molecular weight is 404 g/mol. The van der Waals surface area contributed by atoms with Crippen molar-refractivity contribution < 1.29 is 9.59 Å². The van der Waals surface area contributed by atoms with Gasteiger partial charge in [0.05, 0.1) is 11.3 Å². The lowest BCUT2D eigenvalue weighted by Gasteiger charge is -2.21. The lowest BCUT2D eigenvalue weighted by atomic mass is 10.1. The van der Waals surface area contributed by atoms with Crippen LogP contribution in [0.2, 0.25) is 0 Å². The highest BCUT2D eigenvalue weighted by atomic mass is 32.2. The van der Waals surface area contributed by atoms with E-state index in [1.54, 1.807) is 23.2 Å². The molecule has 6 heteroatoms. The number of aryl methyl sites for hydroxylation is 2. The predicted molar refractivity (Wildman–Crippen MR) is 116 cm³/mol. The van der Waals surface area contributed by atoms with E-state index in [1.807, 2.05) is 57.2 Å². The first-order valence-electron chi connectivity index (χ1n) is 9.44. The molecule has 0 spiro atoms. The summed E-state index contributed by atoms with van der Waals surface area (Å²) in [5.41, 5.74) is 4.83. The fraction of sp³-hybridized carbons (Fsp3) is 0.174. The number of pyridine rings is 1. The highest BCUT2D eigenvalue weighted by Gasteiger charge is 2.27. The molecule has 0 saturated heterocycles. The highest BCUT2D eigenvalue weighted by Crippen LogP contribution is 2.41. The third-order valence-corrected chi connectivity index (χ3v) is 5.83. The van der Waals surface area contributed by atoms with Crippen molar-refractivity contribution in [3.8, 4) is 0 Å². The van der Waals surface area contributed by atoms with Crippen LogP contribution in [0.25, 0.3) is 0 Å². The Morgan fingerprint density at radius 1 is 1.10 bits per heavy atom. The molecule has 0 atom stereocenters. The van der Waals surface area contributed by atoms with Crippen molar-refractivity contribution in [2.24, 2.45) is 0 Å². The zero-order valence-corrected chi connectivity index (χ0v) is 17.3. The minimum Gasteiger partial charge on any atom is -0.322 e. The van der Waals surface area contributed by atoms with Crippen molar-refractivity contribution in [1.29, 1.82) is 0 Å². The van der Waals surface area contributed by atoms with Gasteiger partial charge in [0, 0.05) is 28.9 Å². The fourth-order valence-electron chi connectivity index (χ4n) is 3.51. The second-order valence-electron chi connectivity index (χ2n) is 7.02. The molecule has 2 aromatic carbocycles. The normalized spacial score (nSPS) is 12.8. The first-order chi connectivity index (χ1) is 14.0. The van der Waals surface area contributed by atoms with Gasteiger partial charge in [-0.1, -0.05) is 29.0 Å². The number of hydrogen-bond donors (Lipinski definition) is 1. The van der Waals surface area contributed by atoms with Crippen LogP contribution >= 0.6 is 11.8 Å². The maximum absolute atomic E-state index is 12.9. The quantitative estimate of drug-likeness (QED) is 0.662. The SMILES string of the molecule is CCN1C(=O)c2cccnc2Sc2cc(NC(=O)c3cc(C)cc(C)c3)ccc21. The van der Waals surface area contributed by atoms with Crippen molar-refractivity contribution in [2.75, 3.05) is 16.8 Å². The minimum atomic E-state index is -0.155. The lowest BCUT2D eigenvalue weighted by Crippen LogP contribution is -2.30. The van der Waals surface area contributed by atoms with E-state index >= 15 is 0 Å². The van der Waals surface area contributed by atoms with E-state index in [1.165, 1.54) is 11.8 Å². The number of amides is 2. The number of rotatable bonds is 3. The molecule has 5 nitrogen and oxygen atoms in total. The first-order valence-corrected chi connectivity index (χ1v) is 10.3. The van der Waals surface area contributed by atoms with E-state index in [2.05, 4.69) is 10.3 Å². The number of aromatic nitrogens is 1.